The van der Waals surface area contributed by atoms with E-state index in [9.17, 15) is 0 Å². The van der Waals surface area contributed by atoms with Crippen molar-refractivity contribution in [2.75, 3.05) is 9.96 Å². The predicted molar refractivity (Wildman–Crippen MR) is 165 cm³/mol. The monoisotopic (exact) mass is 580 g/mol. The average molecular weight is 581 g/mol. The van der Waals surface area contributed by atoms with Crippen LogP contribution in [-0.4, -0.2) is 17.4 Å². The van der Waals surface area contributed by atoms with Gasteiger partial charge in [-0.05, 0) is 64.2 Å². The summed E-state index contributed by atoms with van der Waals surface area (Å²) in [4.78, 5) is 39.5. The summed E-state index contributed by atoms with van der Waals surface area (Å²) in [6.45, 7) is 0. The van der Waals surface area contributed by atoms with E-state index >= 15 is 9.59 Å². The summed E-state index contributed by atoms with van der Waals surface area (Å²) in [6, 6.07) is 42.7. The van der Waals surface area contributed by atoms with Gasteiger partial charge in [0.1, 0.15) is 11.5 Å². The summed E-state index contributed by atoms with van der Waals surface area (Å²) < 4.78 is 0. The van der Waals surface area contributed by atoms with Crippen molar-refractivity contribution in [1.82, 2.24) is 0 Å². The molecule has 2 aliphatic heterocycles. The fraction of sp³-hybridized carbons (Fsp3) is 0.135. The van der Waals surface area contributed by atoms with Crippen LogP contribution in [0.2, 0.25) is 5.02 Å². The van der Waals surface area contributed by atoms with Gasteiger partial charge in [-0.3, -0.25) is 14.4 Å². The molecule has 3 aliphatic carbocycles. The first kappa shape index (κ1) is 24.8. The van der Waals surface area contributed by atoms with E-state index in [-0.39, 0.29) is 11.8 Å². The third kappa shape index (κ3) is 2.87. The van der Waals surface area contributed by atoms with E-state index in [2.05, 4.69) is 24.3 Å². The molecule has 3 atom stereocenters. The van der Waals surface area contributed by atoms with Crippen molar-refractivity contribution in [3.05, 3.63) is 166 Å². The zero-order valence-corrected chi connectivity index (χ0v) is 23.7. The van der Waals surface area contributed by atoms with Crippen molar-refractivity contribution in [1.29, 1.82) is 0 Å². The number of carbonyl (C=O) groups excluding carboxylic acids is 2. The van der Waals surface area contributed by atoms with Gasteiger partial charge in [0, 0.05) is 10.9 Å². The minimum absolute atomic E-state index is 0.258. The normalized spacial score (nSPS) is 28.0. The quantitative estimate of drug-likeness (QED) is 0.208. The molecule has 2 amide bonds. The molecule has 0 aromatic heterocycles. The van der Waals surface area contributed by atoms with Gasteiger partial charge < -0.3 is 0 Å². The molecule has 2 saturated heterocycles. The highest BCUT2D eigenvalue weighted by molar-refractivity contribution is 6.31. The van der Waals surface area contributed by atoms with E-state index in [1.807, 2.05) is 90.0 Å². The Kier molecular flexibility index (Phi) is 5.01. The number of amides is 2. The highest BCUT2D eigenvalue weighted by Gasteiger charge is 2.87. The Morgan fingerprint density at radius 2 is 1.07 bits per heavy atom. The maximum absolute atomic E-state index is 15.6. The molecule has 3 unspecified atom stereocenters. The molecule has 5 nitrogen and oxygen atoms in total. The largest absolute Gasteiger partial charge is 0.273 e. The number of imide groups is 1. The number of anilines is 2. The second-order valence-electron chi connectivity index (χ2n) is 11.7. The van der Waals surface area contributed by atoms with Crippen molar-refractivity contribution in [3.63, 3.8) is 0 Å². The molecule has 5 aromatic carbocycles. The van der Waals surface area contributed by atoms with E-state index in [0.717, 1.165) is 33.5 Å². The molecule has 0 N–H and O–H groups in total. The maximum Gasteiger partial charge on any atom is 0.271 e. The zero-order valence-electron chi connectivity index (χ0n) is 22.9. The molecule has 6 heteroatoms. The van der Waals surface area contributed by atoms with Crippen LogP contribution >= 0.6 is 11.6 Å². The Hall–Kier alpha value is -4.71. The van der Waals surface area contributed by atoms with Gasteiger partial charge in [-0.1, -0.05) is 109 Å². The van der Waals surface area contributed by atoms with E-state index in [1.54, 1.807) is 24.3 Å². The van der Waals surface area contributed by atoms with E-state index in [1.165, 1.54) is 4.90 Å². The number of rotatable bonds is 3. The van der Waals surface area contributed by atoms with Crippen LogP contribution in [0.1, 0.15) is 45.7 Å². The molecular formula is C37H25ClN2O3. The van der Waals surface area contributed by atoms with Gasteiger partial charge in [0.25, 0.3) is 5.91 Å². The number of benzene rings is 5. The Balaban J connectivity index is 1.43. The molecule has 2 heterocycles. The van der Waals surface area contributed by atoms with Crippen molar-refractivity contribution < 1.29 is 14.4 Å². The molecule has 0 saturated carbocycles. The molecule has 10 rings (SSSR count). The molecule has 208 valence electrons. The van der Waals surface area contributed by atoms with Crippen LogP contribution in [0.15, 0.2) is 133 Å². The second-order valence-corrected chi connectivity index (χ2v) is 12.2. The van der Waals surface area contributed by atoms with Gasteiger partial charge >= 0.3 is 0 Å². The first-order valence-corrected chi connectivity index (χ1v) is 14.9. The van der Waals surface area contributed by atoms with Crippen molar-refractivity contribution >= 4 is 34.8 Å². The molecule has 2 fully saturated rings. The fourth-order valence-electron chi connectivity index (χ4n) is 8.49. The third-order valence-corrected chi connectivity index (χ3v) is 10.2. The van der Waals surface area contributed by atoms with Gasteiger partial charge in [-0.2, -0.15) is 0 Å². The summed E-state index contributed by atoms with van der Waals surface area (Å²) in [5.41, 5.74) is 3.55. The third-order valence-electron chi connectivity index (χ3n) is 9.91. The highest BCUT2D eigenvalue weighted by Crippen LogP contribution is 2.77. The molecule has 2 bridgehead atoms. The van der Waals surface area contributed by atoms with Crippen LogP contribution in [0.25, 0.3) is 0 Å². The van der Waals surface area contributed by atoms with Crippen LogP contribution < -0.4 is 9.96 Å². The lowest BCUT2D eigenvalue weighted by atomic mass is 9.43. The van der Waals surface area contributed by atoms with Crippen LogP contribution in [-0.2, 0) is 14.4 Å². The number of carbonyl (C=O) groups is 2. The standard InChI is InChI=1S/C37H25ClN2O3/c38-24-19-21-25(22-20-24)39-34(41)36-31-27-15-7-9-17-29(27)32(30-18-10-8-16-28(30)31)37(36,35(39)42)43-40(26-13-5-2-6-14-26)33(36)23-11-3-1-4-12-23/h1-22,31-33H. The van der Waals surface area contributed by atoms with Crippen molar-refractivity contribution in [2.45, 2.75) is 23.5 Å². The topological polar surface area (TPSA) is 49.9 Å². The van der Waals surface area contributed by atoms with Gasteiger partial charge in [-0.15, -0.1) is 0 Å². The van der Waals surface area contributed by atoms with Gasteiger partial charge in [-0.25, -0.2) is 9.96 Å². The van der Waals surface area contributed by atoms with Gasteiger partial charge in [0.2, 0.25) is 11.5 Å². The minimum Gasteiger partial charge on any atom is -0.273 e. The number of hydrogen-bond donors (Lipinski definition) is 0. The van der Waals surface area contributed by atoms with Crippen molar-refractivity contribution in [2.24, 2.45) is 5.41 Å². The summed E-state index contributed by atoms with van der Waals surface area (Å²) in [6.07, 6.45) is 0. The Morgan fingerprint density at radius 1 is 0.558 bits per heavy atom. The number of para-hydroxylation sites is 1. The highest BCUT2D eigenvalue weighted by atomic mass is 35.5. The summed E-state index contributed by atoms with van der Waals surface area (Å²) in [5.74, 6) is -1.54. The lowest BCUT2D eigenvalue weighted by Crippen LogP contribution is -2.63. The van der Waals surface area contributed by atoms with E-state index < -0.39 is 28.9 Å². The molecule has 0 radical (unpaired) electrons. The molecular weight excluding hydrogens is 556 g/mol. The van der Waals surface area contributed by atoms with Crippen LogP contribution in [0.3, 0.4) is 0 Å². The average Bonchev–Trinajstić information content (AvgIpc) is 3.50. The molecule has 5 aliphatic rings. The van der Waals surface area contributed by atoms with Gasteiger partial charge in [0.05, 0.1) is 17.3 Å². The van der Waals surface area contributed by atoms with Crippen LogP contribution in [0, 0.1) is 5.41 Å². The van der Waals surface area contributed by atoms with E-state index in [4.69, 9.17) is 16.4 Å². The first-order chi connectivity index (χ1) is 21.1. The fourth-order valence-corrected chi connectivity index (χ4v) is 8.62. The number of halogens is 1. The van der Waals surface area contributed by atoms with E-state index in [0.29, 0.717) is 10.7 Å². The minimum atomic E-state index is -1.53. The maximum atomic E-state index is 15.6. The number of nitrogens with zero attached hydrogens (tertiary/aromatic N) is 2. The Bertz CT molecular complexity index is 1900. The number of hydrogen-bond acceptors (Lipinski definition) is 4. The van der Waals surface area contributed by atoms with Gasteiger partial charge in [0.15, 0.2) is 0 Å². The summed E-state index contributed by atoms with van der Waals surface area (Å²) in [7, 11) is 0. The lowest BCUT2D eigenvalue weighted by Gasteiger charge is -2.55. The first-order valence-electron chi connectivity index (χ1n) is 14.5. The summed E-state index contributed by atoms with van der Waals surface area (Å²) in [5, 5.41) is 2.38. The predicted octanol–water partition coefficient (Wildman–Crippen LogP) is 7.42. The number of hydroxylamine groups is 1. The van der Waals surface area contributed by atoms with Crippen LogP contribution in [0.5, 0.6) is 0 Å². The molecule has 43 heavy (non-hydrogen) atoms. The second kappa shape index (κ2) is 8.66. The lowest BCUT2D eigenvalue weighted by molar-refractivity contribution is -0.153. The smallest absolute Gasteiger partial charge is 0.271 e. The summed E-state index contributed by atoms with van der Waals surface area (Å²) >= 11 is 6.25. The SMILES string of the molecule is O=C1N(c2ccc(Cl)cc2)C(=O)C23C4c5ccccc5C(c5ccccc54)C12ON(c1ccccc1)C3c1ccccc1. The Morgan fingerprint density at radius 3 is 1.65 bits per heavy atom. The van der Waals surface area contributed by atoms with Crippen LogP contribution in [0.4, 0.5) is 11.4 Å². The molecule has 5 aromatic rings. The zero-order chi connectivity index (χ0) is 28.9. The Labute approximate surface area is 253 Å². The molecule has 0 spiro atoms. The van der Waals surface area contributed by atoms with Crippen molar-refractivity contribution in [3.8, 4) is 0 Å².